The first-order valence-electron chi connectivity index (χ1n) is 12.1. The molecule has 2 aliphatic rings. The Morgan fingerprint density at radius 2 is 1.41 bits per heavy atom. The van der Waals surface area contributed by atoms with Gasteiger partial charge in [-0.25, -0.2) is 0 Å². The van der Waals surface area contributed by atoms with Crippen LogP contribution in [0.2, 0.25) is 81.2 Å². The zero-order valence-electron chi connectivity index (χ0n) is 22.5. The van der Waals surface area contributed by atoms with Crippen LogP contribution in [0.25, 0.3) is 0 Å². The number of hydrogen-bond acceptors (Lipinski definition) is 2. The summed E-state index contributed by atoms with van der Waals surface area (Å²) in [6.07, 6.45) is 11.5. The standard InChI is InChI=1S/C12H23NSi2.C12H22NSi2.ClH.Sb.H/c2*1-14(2,3)12(15(4,5)6)11-9-7-8-10-13-11;;;/h7-11H,1-6H3;7-10H,1-6H3;1H;;/q-1;;;+2;/p-1. The van der Waals surface area contributed by atoms with Gasteiger partial charge in [0.15, 0.2) is 0 Å². The summed E-state index contributed by atoms with van der Waals surface area (Å²) < 4.78 is 3.21. The normalized spacial score (nSPS) is 24.0. The number of hydrogen-bond donors (Lipinski definition) is 0. The van der Waals surface area contributed by atoms with E-state index < -0.39 is 50.2 Å². The Hall–Kier alpha value is 0.406. The third-order valence-electron chi connectivity index (χ3n) is 8.43. The maximum absolute atomic E-state index is 8.75. The molecule has 1 atom stereocenters. The van der Waals surface area contributed by atoms with Crippen LogP contribution >= 0.6 is 8.83 Å². The Morgan fingerprint density at radius 3 is 1.81 bits per heavy atom. The number of aromatic nitrogens is 1. The van der Waals surface area contributed by atoms with Crippen molar-refractivity contribution in [2.24, 2.45) is 0 Å². The fourth-order valence-corrected chi connectivity index (χ4v) is 116. The van der Waals surface area contributed by atoms with Crippen LogP contribution in [0.5, 0.6) is 0 Å². The van der Waals surface area contributed by atoms with Gasteiger partial charge < -0.3 is 0 Å². The van der Waals surface area contributed by atoms with Crippen LogP contribution in [0, 0.1) is 0 Å². The van der Waals surface area contributed by atoms with Crippen molar-refractivity contribution >= 4 is 59.1 Å². The molecule has 0 spiro atoms. The van der Waals surface area contributed by atoms with Crippen molar-refractivity contribution in [2.45, 2.75) is 89.8 Å². The molecule has 3 rings (SSSR count). The summed E-state index contributed by atoms with van der Waals surface area (Å²) in [6, 6.07) is 7.13. The molecule has 0 radical (unpaired) electrons. The number of rotatable bonds is 6. The van der Waals surface area contributed by atoms with Gasteiger partial charge in [0.1, 0.15) is 0 Å². The predicted molar refractivity (Wildman–Crippen MR) is 159 cm³/mol. The van der Waals surface area contributed by atoms with Crippen molar-refractivity contribution in [2.75, 3.05) is 0 Å². The summed E-state index contributed by atoms with van der Waals surface area (Å²) >= 11 is -3.77. The Morgan fingerprint density at radius 1 is 0.875 bits per heavy atom. The van der Waals surface area contributed by atoms with Gasteiger partial charge >= 0.3 is 211 Å². The summed E-state index contributed by atoms with van der Waals surface area (Å²) in [5.41, 5.74) is 1.34. The van der Waals surface area contributed by atoms with Gasteiger partial charge in [0, 0.05) is 0 Å². The van der Waals surface area contributed by atoms with Crippen LogP contribution < -0.4 is 0 Å². The quantitative estimate of drug-likeness (QED) is 0.307. The summed E-state index contributed by atoms with van der Waals surface area (Å²) in [6.45, 7) is 31.5. The van der Waals surface area contributed by atoms with Gasteiger partial charge in [-0.15, -0.1) is 0 Å². The van der Waals surface area contributed by atoms with Crippen LogP contribution in [0.3, 0.4) is 0 Å². The first kappa shape index (κ1) is 27.0. The molecule has 0 N–H and O–H groups in total. The first-order chi connectivity index (χ1) is 14.3. The molecule has 180 valence electrons. The molecule has 0 bridgehead atoms. The second-order valence-electron chi connectivity index (χ2n) is 14.0. The SMILES string of the molecule is C[Si](C)(C)[C](c1ccccn1)([Si](C)(C)C)[SbH]1([Cl])[N]2C=CC=CC2[C]1([Si](C)(C)C)[Si](C)(C)C. The van der Waals surface area contributed by atoms with Crippen molar-refractivity contribution in [3.05, 3.63) is 54.5 Å². The predicted octanol–water partition coefficient (Wildman–Crippen LogP) is 7.29. The second-order valence-corrected chi connectivity index (χ2v) is 54.8. The number of allylic oxidation sites excluding steroid dienone is 2. The molecule has 0 aromatic carbocycles. The van der Waals surface area contributed by atoms with Crippen LogP contribution in [-0.4, -0.2) is 64.3 Å². The Bertz CT molecular complexity index is 895. The number of fused-ring (bicyclic) bond motifs is 1. The number of halogens is 1. The fourth-order valence-electron chi connectivity index (χ4n) is 8.62. The zero-order valence-corrected chi connectivity index (χ0v) is 30.1. The van der Waals surface area contributed by atoms with E-state index in [1.165, 1.54) is 5.69 Å². The van der Waals surface area contributed by atoms with Crippen molar-refractivity contribution in [3.8, 4) is 0 Å². The minimum absolute atomic E-state index is 0.0874. The van der Waals surface area contributed by atoms with E-state index in [0.29, 0.717) is 8.65 Å². The van der Waals surface area contributed by atoms with E-state index >= 15 is 0 Å². The van der Waals surface area contributed by atoms with Crippen molar-refractivity contribution in [1.29, 1.82) is 0 Å². The maximum atomic E-state index is 8.75. The van der Waals surface area contributed by atoms with E-state index in [9.17, 15) is 0 Å². The van der Waals surface area contributed by atoms with E-state index in [-0.39, 0.29) is 2.61 Å². The monoisotopic (exact) mass is 630 g/mol. The van der Waals surface area contributed by atoms with Gasteiger partial charge in [-0.3, -0.25) is 0 Å². The number of nitrogens with zero attached hydrogens (tertiary/aromatic N) is 2. The Balaban J connectivity index is 2.60. The van der Waals surface area contributed by atoms with Crippen LogP contribution in [-0.2, 0) is 2.61 Å². The van der Waals surface area contributed by atoms with Gasteiger partial charge in [-0.2, -0.15) is 0 Å². The fraction of sp³-hybridized carbons (Fsp3) is 0.625. The third-order valence-corrected chi connectivity index (χ3v) is 83.3. The molecule has 0 amide bonds. The summed E-state index contributed by atoms with van der Waals surface area (Å²) in [5.74, 6) is 0. The van der Waals surface area contributed by atoms with Gasteiger partial charge in [0.2, 0.25) is 0 Å². The molecule has 1 aromatic heterocycles. The topological polar surface area (TPSA) is 16.1 Å². The van der Waals surface area contributed by atoms with Gasteiger partial charge in [0.25, 0.3) is 0 Å². The Kier molecular flexibility index (Phi) is 6.71. The van der Waals surface area contributed by atoms with Crippen molar-refractivity contribution < 1.29 is 0 Å². The zero-order chi connectivity index (χ0) is 24.6. The molecule has 1 aromatic rings. The van der Waals surface area contributed by atoms with Gasteiger partial charge in [-0.05, 0) is 0 Å². The third kappa shape index (κ3) is 3.15. The molecule has 0 saturated carbocycles. The summed E-state index contributed by atoms with van der Waals surface area (Å²) in [5, 5.41) is 0. The van der Waals surface area contributed by atoms with Crippen LogP contribution in [0.1, 0.15) is 5.69 Å². The summed E-state index contributed by atoms with van der Waals surface area (Å²) in [4.78, 5) is 5.20. The second kappa shape index (κ2) is 7.96. The molecule has 32 heavy (non-hydrogen) atoms. The van der Waals surface area contributed by atoms with Gasteiger partial charge in [-0.1, -0.05) is 0 Å². The van der Waals surface area contributed by atoms with E-state index in [4.69, 9.17) is 13.8 Å². The molecule has 0 aliphatic carbocycles. The van der Waals surface area contributed by atoms with Crippen molar-refractivity contribution in [3.63, 3.8) is 0 Å². The van der Waals surface area contributed by atoms with Gasteiger partial charge in [0.05, 0.1) is 0 Å². The average Bonchev–Trinajstić information content (AvgIpc) is 2.58. The van der Waals surface area contributed by atoms with E-state index in [0.717, 1.165) is 0 Å². The molecule has 1 unspecified atom stereocenters. The first-order valence-corrected chi connectivity index (χ1v) is 33.8. The molecule has 2 nitrogen and oxygen atoms in total. The summed E-state index contributed by atoms with van der Waals surface area (Å²) in [7, 11) is 1.70. The number of pyridine rings is 1. The van der Waals surface area contributed by atoms with Crippen LogP contribution in [0.4, 0.5) is 0 Å². The van der Waals surface area contributed by atoms with Crippen molar-refractivity contribution in [1.82, 2.24) is 8.04 Å². The van der Waals surface area contributed by atoms with Crippen LogP contribution in [0.15, 0.2) is 48.8 Å². The van der Waals surface area contributed by atoms with E-state index in [1.54, 1.807) is 0 Å². The molecular formula is C24H46ClN2SbSi4. The molecule has 3 heterocycles. The Labute approximate surface area is 210 Å². The average molecular weight is 632 g/mol. The minimum atomic E-state index is -3.77. The molecule has 1 saturated heterocycles. The molecule has 1 fully saturated rings. The molecular weight excluding hydrogens is 586 g/mol. The molecule has 2 aliphatic heterocycles. The molecule has 8 heteroatoms. The van der Waals surface area contributed by atoms with E-state index in [2.05, 4.69) is 124 Å². The van der Waals surface area contributed by atoms with E-state index in [1.807, 2.05) is 6.20 Å².